The molecule has 0 aliphatic rings. The Morgan fingerprint density at radius 1 is 1.11 bits per heavy atom. The van der Waals surface area contributed by atoms with Crippen molar-refractivity contribution in [3.8, 4) is 11.6 Å². The summed E-state index contributed by atoms with van der Waals surface area (Å²) in [6.45, 7) is 3.87. The quantitative estimate of drug-likeness (QED) is 0.792. The van der Waals surface area contributed by atoms with Crippen LogP contribution in [0.25, 0.3) is 0 Å². The van der Waals surface area contributed by atoms with Gasteiger partial charge in [-0.1, -0.05) is 25.1 Å². The third-order valence-corrected chi connectivity index (χ3v) is 2.38. The lowest BCUT2D eigenvalue weighted by molar-refractivity contribution is 0.458. The van der Waals surface area contributed by atoms with Gasteiger partial charge in [0.1, 0.15) is 5.75 Å². The van der Waals surface area contributed by atoms with Gasteiger partial charge in [-0.05, 0) is 25.1 Å². The van der Waals surface area contributed by atoms with Gasteiger partial charge in [-0.3, -0.25) is 4.98 Å². The number of nitrogens with one attached hydrogen (secondary N) is 1. The van der Waals surface area contributed by atoms with E-state index in [1.165, 1.54) is 0 Å². The molecule has 0 saturated heterocycles. The van der Waals surface area contributed by atoms with Crippen LogP contribution in [0.1, 0.15) is 19.0 Å². The topological polar surface area (TPSA) is 47.0 Å². The van der Waals surface area contributed by atoms with E-state index >= 15 is 0 Å². The fraction of sp³-hybridized carbons (Fsp3) is 0.286. The van der Waals surface area contributed by atoms with Crippen molar-refractivity contribution < 1.29 is 4.74 Å². The van der Waals surface area contributed by atoms with Crippen LogP contribution < -0.4 is 10.1 Å². The molecule has 2 aromatic rings. The van der Waals surface area contributed by atoms with Crippen molar-refractivity contribution in [3.63, 3.8) is 0 Å². The molecule has 94 valence electrons. The molecule has 0 aliphatic carbocycles. The lowest BCUT2D eigenvalue weighted by Crippen LogP contribution is -2.14. The number of para-hydroxylation sites is 1. The molecule has 18 heavy (non-hydrogen) atoms. The summed E-state index contributed by atoms with van der Waals surface area (Å²) in [4.78, 5) is 8.52. The van der Waals surface area contributed by atoms with Crippen LogP contribution in [0.3, 0.4) is 0 Å². The zero-order chi connectivity index (χ0) is 12.6. The van der Waals surface area contributed by atoms with E-state index in [2.05, 4.69) is 22.2 Å². The molecule has 0 amide bonds. The lowest BCUT2D eigenvalue weighted by Gasteiger charge is -2.05. The van der Waals surface area contributed by atoms with Crippen LogP contribution in [-0.4, -0.2) is 16.5 Å². The Labute approximate surface area is 107 Å². The fourth-order valence-corrected chi connectivity index (χ4v) is 1.49. The summed E-state index contributed by atoms with van der Waals surface area (Å²) in [7, 11) is 0. The van der Waals surface area contributed by atoms with Crippen LogP contribution >= 0.6 is 0 Å². The van der Waals surface area contributed by atoms with E-state index in [0.717, 1.165) is 31.0 Å². The van der Waals surface area contributed by atoms with Crippen LogP contribution in [-0.2, 0) is 6.54 Å². The Balaban J connectivity index is 1.91. The fourth-order valence-electron chi connectivity index (χ4n) is 1.49. The van der Waals surface area contributed by atoms with Crippen LogP contribution in [0.5, 0.6) is 11.6 Å². The number of benzene rings is 1. The van der Waals surface area contributed by atoms with Crippen LogP contribution in [0.4, 0.5) is 0 Å². The molecule has 0 radical (unpaired) electrons. The van der Waals surface area contributed by atoms with Crippen LogP contribution in [0.2, 0.25) is 0 Å². The lowest BCUT2D eigenvalue weighted by atomic mass is 10.3. The van der Waals surface area contributed by atoms with Gasteiger partial charge in [0.05, 0.1) is 18.1 Å². The molecule has 1 aromatic heterocycles. The zero-order valence-electron chi connectivity index (χ0n) is 10.5. The van der Waals surface area contributed by atoms with E-state index in [-0.39, 0.29) is 0 Å². The van der Waals surface area contributed by atoms with Crippen molar-refractivity contribution in [2.24, 2.45) is 0 Å². The Kier molecular flexibility index (Phi) is 4.67. The first-order valence-electron chi connectivity index (χ1n) is 6.13. The maximum absolute atomic E-state index is 5.56. The molecule has 0 saturated carbocycles. The minimum atomic E-state index is 0.514. The molecule has 2 rings (SSSR count). The van der Waals surface area contributed by atoms with E-state index in [1.54, 1.807) is 12.4 Å². The minimum absolute atomic E-state index is 0.514. The van der Waals surface area contributed by atoms with E-state index in [9.17, 15) is 0 Å². The number of rotatable bonds is 6. The van der Waals surface area contributed by atoms with Gasteiger partial charge in [-0.2, -0.15) is 0 Å². The Hall–Kier alpha value is -1.94. The molecule has 0 bridgehead atoms. The van der Waals surface area contributed by atoms with Crippen molar-refractivity contribution in [3.05, 3.63) is 48.4 Å². The monoisotopic (exact) mass is 243 g/mol. The molecule has 1 heterocycles. The summed E-state index contributed by atoms with van der Waals surface area (Å²) in [5, 5.41) is 3.28. The minimum Gasteiger partial charge on any atom is -0.438 e. The molecule has 0 spiro atoms. The Morgan fingerprint density at radius 3 is 2.61 bits per heavy atom. The van der Waals surface area contributed by atoms with E-state index in [1.807, 2.05) is 30.3 Å². The standard InChI is InChI=1S/C14H17N3O/c1-2-8-15-9-12-10-17-14(11-16-12)18-13-6-4-3-5-7-13/h3-7,10-11,15H,2,8-9H2,1H3. The second kappa shape index (κ2) is 6.71. The molecule has 4 nitrogen and oxygen atoms in total. The number of hydrogen-bond acceptors (Lipinski definition) is 4. The van der Waals surface area contributed by atoms with E-state index in [4.69, 9.17) is 4.74 Å². The first kappa shape index (κ1) is 12.5. The van der Waals surface area contributed by atoms with Gasteiger partial charge < -0.3 is 10.1 Å². The molecular formula is C14H17N3O. The molecular weight excluding hydrogens is 226 g/mol. The highest BCUT2D eigenvalue weighted by atomic mass is 16.5. The predicted octanol–water partition coefficient (Wildman–Crippen LogP) is 2.77. The van der Waals surface area contributed by atoms with Gasteiger partial charge in [0, 0.05) is 6.54 Å². The first-order valence-corrected chi connectivity index (χ1v) is 6.13. The van der Waals surface area contributed by atoms with Crippen molar-refractivity contribution in [2.45, 2.75) is 19.9 Å². The van der Waals surface area contributed by atoms with Crippen molar-refractivity contribution in [1.82, 2.24) is 15.3 Å². The highest BCUT2D eigenvalue weighted by molar-refractivity contribution is 5.25. The summed E-state index contributed by atoms with van der Waals surface area (Å²) >= 11 is 0. The number of ether oxygens (including phenoxy) is 1. The number of nitrogens with zero attached hydrogens (tertiary/aromatic N) is 2. The zero-order valence-corrected chi connectivity index (χ0v) is 10.5. The average molecular weight is 243 g/mol. The van der Waals surface area contributed by atoms with Gasteiger partial charge in [0.15, 0.2) is 0 Å². The van der Waals surface area contributed by atoms with E-state index in [0.29, 0.717) is 5.88 Å². The highest BCUT2D eigenvalue weighted by Crippen LogP contribution is 2.17. The maximum Gasteiger partial charge on any atom is 0.237 e. The first-order chi connectivity index (χ1) is 8.88. The Bertz CT molecular complexity index is 456. The molecule has 0 atom stereocenters. The third kappa shape index (κ3) is 3.82. The molecule has 0 aliphatic heterocycles. The van der Waals surface area contributed by atoms with Crippen molar-refractivity contribution in [1.29, 1.82) is 0 Å². The SMILES string of the molecule is CCCNCc1cnc(Oc2ccccc2)cn1. The molecule has 0 fully saturated rings. The second-order valence-corrected chi connectivity index (χ2v) is 3.94. The van der Waals surface area contributed by atoms with E-state index < -0.39 is 0 Å². The molecule has 1 aromatic carbocycles. The third-order valence-electron chi connectivity index (χ3n) is 2.38. The summed E-state index contributed by atoms with van der Waals surface area (Å²) in [5.41, 5.74) is 0.920. The van der Waals surface area contributed by atoms with Gasteiger partial charge >= 0.3 is 0 Å². The van der Waals surface area contributed by atoms with Crippen LogP contribution in [0, 0.1) is 0 Å². The molecule has 4 heteroatoms. The van der Waals surface area contributed by atoms with Crippen LogP contribution in [0.15, 0.2) is 42.7 Å². The Morgan fingerprint density at radius 2 is 1.94 bits per heavy atom. The summed E-state index contributed by atoms with van der Waals surface area (Å²) in [6, 6.07) is 9.56. The largest absolute Gasteiger partial charge is 0.438 e. The summed E-state index contributed by atoms with van der Waals surface area (Å²) in [5.74, 6) is 1.28. The summed E-state index contributed by atoms with van der Waals surface area (Å²) < 4.78 is 5.56. The molecule has 0 unspecified atom stereocenters. The second-order valence-electron chi connectivity index (χ2n) is 3.94. The van der Waals surface area contributed by atoms with Gasteiger partial charge in [0.2, 0.25) is 5.88 Å². The number of hydrogen-bond donors (Lipinski definition) is 1. The number of aromatic nitrogens is 2. The van der Waals surface area contributed by atoms with Gasteiger partial charge in [-0.25, -0.2) is 4.98 Å². The summed E-state index contributed by atoms with van der Waals surface area (Å²) in [6.07, 6.45) is 4.50. The highest BCUT2D eigenvalue weighted by Gasteiger charge is 1.99. The predicted molar refractivity (Wildman–Crippen MR) is 70.5 cm³/mol. The van der Waals surface area contributed by atoms with Crippen molar-refractivity contribution >= 4 is 0 Å². The van der Waals surface area contributed by atoms with Gasteiger partial charge in [0.25, 0.3) is 0 Å². The average Bonchev–Trinajstić information content (AvgIpc) is 2.42. The normalized spacial score (nSPS) is 10.3. The molecule has 1 N–H and O–H groups in total. The van der Waals surface area contributed by atoms with Gasteiger partial charge in [-0.15, -0.1) is 0 Å². The maximum atomic E-state index is 5.56. The smallest absolute Gasteiger partial charge is 0.237 e. The van der Waals surface area contributed by atoms with Crippen molar-refractivity contribution in [2.75, 3.05) is 6.54 Å².